The molecule has 0 aromatic carbocycles. The first kappa shape index (κ1) is 13.6. The van der Waals surface area contributed by atoms with Crippen LogP contribution in [0.1, 0.15) is 36.0 Å². The van der Waals surface area contributed by atoms with E-state index in [1.807, 2.05) is 0 Å². The van der Waals surface area contributed by atoms with Crippen molar-refractivity contribution in [3.8, 4) is 0 Å². The zero-order chi connectivity index (χ0) is 13.9. The number of rotatable bonds is 4. The molecule has 1 aliphatic heterocycles. The predicted octanol–water partition coefficient (Wildman–Crippen LogP) is 0.781. The Hall–Kier alpha value is -1.40. The van der Waals surface area contributed by atoms with E-state index in [2.05, 4.69) is 20.4 Å². The molecule has 3 rings (SSSR count). The molecule has 110 valence electrons. The molecular weight excluding hydrogens is 256 g/mol. The molecule has 1 saturated carbocycles. The summed E-state index contributed by atoms with van der Waals surface area (Å²) < 4.78 is 5.43. The highest BCUT2D eigenvalue weighted by Gasteiger charge is 2.36. The first-order chi connectivity index (χ1) is 9.78. The van der Waals surface area contributed by atoms with Crippen molar-refractivity contribution in [3.05, 3.63) is 18.0 Å². The Morgan fingerprint density at radius 1 is 1.50 bits per heavy atom. The van der Waals surface area contributed by atoms with Crippen molar-refractivity contribution in [1.82, 2.24) is 20.4 Å². The van der Waals surface area contributed by atoms with Crippen LogP contribution in [-0.2, 0) is 4.74 Å². The summed E-state index contributed by atoms with van der Waals surface area (Å²) in [6, 6.07) is 0.694. The molecule has 2 fully saturated rings. The van der Waals surface area contributed by atoms with Gasteiger partial charge in [0.05, 0.1) is 17.9 Å². The summed E-state index contributed by atoms with van der Waals surface area (Å²) in [4.78, 5) is 14.6. The van der Waals surface area contributed by atoms with Gasteiger partial charge in [-0.2, -0.15) is 5.10 Å². The summed E-state index contributed by atoms with van der Waals surface area (Å²) in [5.41, 5.74) is 0.604. The second-order valence-corrected chi connectivity index (χ2v) is 5.71. The SMILES string of the molecule is COC1CCN([C@H]2CCC[C@H]2NC(=O)c2cn[nH]c2)C1. The van der Waals surface area contributed by atoms with Crippen LogP contribution in [0.2, 0.25) is 0 Å². The topological polar surface area (TPSA) is 70.2 Å². The van der Waals surface area contributed by atoms with Crippen molar-refractivity contribution >= 4 is 5.91 Å². The molecule has 1 aliphatic carbocycles. The minimum Gasteiger partial charge on any atom is -0.380 e. The maximum absolute atomic E-state index is 12.1. The lowest BCUT2D eigenvalue weighted by molar-refractivity contribution is 0.0873. The van der Waals surface area contributed by atoms with Gasteiger partial charge < -0.3 is 10.1 Å². The molecule has 0 spiro atoms. The van der Waals surface area contributed by atoms with Crippen molar-refractivity contribution < 1.29 is 9.53 Å². The smallest absolute Gasteiger partial charge is 0.254 e. The van der Waals surface area contributed by atoms with E-state index < -0.39 is 0 Å². The number of amides is 1. The van der Waals surface area contributed by atoms with Crippen molar-refractivity contribution in [3.63, 3.8) is 0 Å². The van der Waals surface area contributed by atoms with E-state index in [-0.39, 0.29) is 11.9 Å². The van der Waals surface area contributed by atoms with Crippen molar-refractivity contribution in [2.75, 3.05) is 20.2 Å². The van der Waals surface area contributed by atoms with Gasteiger partial charge in [-0.15, -0.1) is 0 Å². The van der Waals surface area contributed by atoms with Gasteiger partial charge in [0, 0.05) is 38.5 Å². The molecule has 20 heavy (non-hydrogen) atoms. The van der Waals surface area contributed by atoms with Crippen LogP contribution in [0.3, 0.4) is 0 Å². The summed E-state index contributed by atoms with van der Waals surface area (Å²) in [7, 11) is 1.78. The Balaban J connectivity index is 1.60. The van der Waals surface area contributed by atoms with Crippen molar-refractivity contribution in [2.45, 2.75) is 43.9 Å². The maximum atomic E-state index is 12.1. The molecule has 1 saturated heterocycles. The number of hydrogen-bond donors (Lipinski definition) is 2. The first-order valence-electron chi connectivity index (χ1n) is 7.34. The van der Waals surface area contributed by atoms with Crippen LogP contribution < -0.4 is 5.32 Å². The number of ether oxygens (including phenoxy) is 1. The van der Waals surface area contributed by atoms with Gasteiger partial charge in [-0.25, -0.2) is 0 Å². The monoisotopic (exact) mass is 278 g/mol. The quantitative estimate of drug-likeness (QED) is 0.854. The number of carbonyl (C=O) groups excluding carboxylic acids is 1. The summed E-state index contributed by atoms with van der Waals surface area (Å²) in [6.07, 6.45) is 8.03. The Kier molecular flexibility index (Phi) is 4.03. The van der Waals surface area contributed by atoms with Crippen LogP contribution in [0.4, 0.5) is 0 Å². The molecule has 0 bridgehead atoms. The van der Waals surface area contributed by atoms with Crippen LogP contribution in [-0.4, -0.2) is 59.4 Å². The van der Waals surface area contributed by atoms with Crippen LogP contribution >= 0.6 is 0 Å². The van der Waals surface area contributed by atoms with E-state index in [1.54, 1.807) is 19.5 Å². The second kappa shape index (κ2) is 5.93. The first-order valence-corrected chi connectivity index (χ1v) is 7.34. The Morgan fingerprint density at radius 2 is 2.40 bits per heavy atom. The van der Waals surface area contributed by atoms with Gasteiger partial charge in [0.1, 0.15) is 0 Å². The average molecular weight is 278 g/mol. The number of aromatic amines is 1. The summed E-state index contributed by atoms with van der Waals surface area (Å²) in [5.74, 6) is -0.0295. The minimum absolute atomic E-state index is 0.0295. The van der Waals surface area contributed by atoms with Gasteiger partial charge in [-0.05, 0) is 25.7 Å². The van der Waals surface area contributed by atoms with Crippen LogP contribution in [0.25, 0.3) is 0 Å². The number of methoxy groups -OCH3 is 1. The number of likely N-dealkylation sites (tertiary alicyclic amines) is 1. The molecule has 2 heterocycles. The van der Waals surface area contributed by atoms with Crippen molar-refractivity contribution in [2.24, 2.45) is 0 Å². The van der Waals surface area contributed by atoms with Gasteiger partial charge in [-0.3, -0.25) is 14.8 Å². The van der Waals surface area contributed by atoms with Gasteiger partial charge in [0.15, 0.2) is 0 Å². The van der Waals surface area contributed by atoms with E-state index >= 15 is 0 Å². The molecule has 2 N–H and O–H groups in total. The normalized spacial score (nSPS) is 30.8. The lowest BCUT2D eigenvalue weighted by Gasteiger charge is -2.29. The third-order valence-electron chi connectivity index (χ3n) is 4.54. The minimum atomic E-state index is -0.0295. The lowest BCUT2D eigenvalue weighted by atomic mass is 10.1. The van der Waals surface area contributed by atoms with E-state index in [0.717, 1.165) is 32.4 Å². The third kappa shape index (κ3) is 2.71. The van der Waals surface area contributed by atoms with Gasteiger partial charge in [0.25, 0.3) is 5.91 Å². The highest BCUT2D eigenvalue weighted by atomic mass is 16.5. The molecule has 1 aromatic rings. The summed E-state index contributed by atoms with van der Waals surface area (Å²) >= 11 is 0. The van der Waals surface area contributed by atoms with E-state index in [1.165, 1.54) is 6.42 Å². The summed E-state index contributed by atoms with van der Waals surface area (Å²) in [6.45, 7) is 2.06. The van der Waals surface area contributed by atoms with Gasteiger partial charge in [-0.1, -0.05) is 0 Å². The molecule has 2 aliphatic rings. The molecule has 3 atom stereocenters. The van der Waals surface area contributed by atoms with Crippen LogP contribution in [0.15, 0.2) is 12.4 Å². The maximum Gasteiger partial charge on any atom is 0.254 e. The molecule has 1 aromatic heterocycles. The predicted molar refractivity (Wildman–Crippen MR) is 74.5 cm³/mol. The van der Waals surface area contributed by atoms with E-state index in [9.17, 15) is 4.79 Å². The molecule has 6 nitrogen and oxygen atoms in total. The number of nitrogens with zero attached hydrogens (tertiary/aromatic N) is 2. The highest BCUT2D eigenvalue weighted by molar-refractivity contribution is 5.93. The van der Waals surface area contributed by atoms with E-state index in [0.29, 0.717) is 17.7 Å². The lowest BCUT2D eigenvalue weighted by Crippen LogP contribution is -2.48. The molecule has 6 heteroatoms. The molecule has 1 amide bonds. The van der Waals surface area contributed by atoms with Crippen molar-refractivity contribution in [1.29, 1.82) is 0 Å². The fraction of sp³-hybridized carbons (Fsp3) is 0.714. The third-order valence-corrected chi connectivity index (χ3v) is 4.54. The number of aromatic nitrogens is 2. The van der Waals surface area contributed by atoms with E-state index in [4.69, 9.17) is 4.74 Å². The number of hydrogen-bond acceptors (Lipinski definition) is 4. The Bertz CT molecular complexity index is 448. The van der Waals surface area contributed by atoms with Gasteiger partial charge in [0.2, 0.25) is 0 Å². The van der Waals surface area contributed by atoms with Gasteiger partial charge >= 0.3 is 0 Å². The summed E-state index contributed by atoms with van der Waals surface area (Å²) in [5, 5.41) is 9.66. The molecule has 1 unspecified atom stereocenters. The average Bonchev–Trinajstić information content (AvgIpc) is 3.19. The zero-order valence-electron chi connectivity index (χ0n) is 11.8. The Morgan fingerprint density at radius 3 is 3.10 bits per heavy atom. The molecule has 0 radical (unpaired) electrons. The van der Waals surface area contributed by atoms with Crippen LogP contribution in [0, 0.1) is 0 Å². The Labute approximate surface area is 118 Å². The highest BCUT2D eigenvalue weighted by Crippen LogP contribution is 2.28. The largest absolute Gasteiger partial charge is 0.380 e. The fourth-order valence-corrected chi connectivity index (χ4v) is 3.42. The van der Waals surface area contributed by atoms with Crippen LogP contribution in [0.5, 0.6) is 0 Å². The standard InChI is InChI=1S/C14H22N4O2/c1-20-11-5-6-18(9-11)13-4-2-3-12(13)17-14(19)10-7-15-16-8-10/h7-8,11-13H,2-6,9H2,1H3,(H,15,16)(H,17,19)/t11?,12-,13+/m1/s1. The second-order valence-electron chi connectivity index (χ2n) is 5.71. The zero-order valence-corrected chi connectivity index (χ0v) is 11.8. The number of nitrogens with one attached hydrogen (secondary N) is 2. The fourth-order valence-electron chi connectivity index (χ4n) is 3.42. The molecular formula is C14H22N4O2. The number of H-pyrrole nitrogens is 1. The number of carbonyl (C=O) groups is 1.